The lowest BCUT2D eigenvalue weighted by molar-refractivity contribution is -0.136. The Morgan fingerprint density at radius 1 is 1.09 bits per heavy atom. The molecule has 1 aromatic rings. The van der Waals surface area contributed by atoms with Crippen molar-refractivity contribution in [1.82, 2.24) is 15.5 Å². The Labute approximate surface area is 183 Å². The van der Waals surface area contributed by atoms with Crippen molar-refractivity contribution in [3.05, 3.63) is 34.9 Å². The lowest BCUT2D eigenvalue weighted by Crippen LogP contribution is -2.54. The largest absolute Gasteiger partial charge is 0.390 e. The van der Waals surface area contributed by atoms with E-state index in [-0.39, 0.29) is 48.3 Å². The van der Waals surface area contributed by atoms with Crippen molar-refractivity contribution in [2.24, 2.45) is 17.8 Å². The van der Waals surface area contributed by atoms with Crippen LogP contribution in [0.15, 0.2) is 18.2 Å². The van der Waals surface area contributed by atoms with Crippen molar-refractivity contribution < 1.29 is 34.2 Å². The molecule has 3 fully saturated rings. The highest BCUT2D eigenvalue weighted by Gasteiger charge is 2.54. The third-order valence-electron chi connectivity index (χ3n) is 7.26. The Morgan fingerprint density at radius 2 is 1.88 bits per heavy atom. The number of nitrogens with zero attached hydrogens (tertiary/aromatic N) is 1. The molecule has 4 aliphatic rings. The number of fused-ring (bicyclic) bond motifs is 3. The molecule has 168 valence electrons. The zero-order valence-electron chi connectivity index (χ0n) is 17.1. The Morgan fingerprint density at radius 3 is 2.56 bits per heavy atom. The molecule has 2 saturated carbocycles. The number of aliphatic hydroxyl groups is 2. The van der Waals surface area contributed by atoms with Crippen molar-refractivity contribution in [1.29, 1.82) is 0 Å². The Kier molecular flexibility index (Phi) is 4.86. The number of imide groups is 2. The van der Waals surface area contributed by atoms with E-state index in [4.69, 9.17) is 0 Å². The summed E-state index contributed by atoms with van der Waals surface area (Å²) >= 11 is 0. The second kappa shape index (κ2) is 7.49. The molecule has 5 amide bonds. The number of hydrogen-bond donors (Lipinski definition) is 4. The number of rotatable bonds is 4. The monoisotopic (exact) mass is 441 g/mol. The Balaban J connectivity index is 1.32. The predicted molar refractivity (Wildman–Crippen MR) is 107 cm³/mol. The van der Waals surface area contributed by atoms with E-state index in [2.05, 4.69) is 10.6 Å². The van der Waals surface area contributed by atoms with E-state index in [0.29, 0.717) is 18.4 Å². The number of hydrogen-bond acceptors (Lipinski definition) is 7. The molecule has 2 aliphatic carbocycles. The van der Waals surface area contributed by atoms with Crippen molar-refractivity contribution in [3.8, 4) is 0 Å². The van der Waals surface area contributed by atoms with Gasteiger partial charge in [-0.3, -0.25) is 34.2 Å². The smallest absolute Gasteiger partial charge is 0.262 e. The van der Waals surface area contributed by atoms with Crippen LogP contribution in [0.5, 0.6) is 0 Å². The van der Waals surface area contributed by atoms with Gasteiger partial charge in [0.25, 0.3) is 11.8 Å². The minimum Gasteiger partial charge on any atom is -0.390 e. The van der Waals surface area contributed by atoms with E-state index in [0.717, 1.165) is 4.90 Å². The fourth-order valence-electron chi connectivity index (χ4n) is 5.65. The van der Waals surface area contributed by atoms with Gasteiger partial charge < -0.3 is 15.5 Å². The number of aliphatic hydroxyl groups excluding tert-OH is 2. The highest BCUT2D eigenvalue weighted by molar-refractivity contribution is 6.24. The quantitative estimate of drug-likeness (QED) is 0.441. The van der Waals surface area contributed by atoms with Crippen molar-refractivity contribution in [2.45, 2.75) is 50.5 Å². The zero-order chi connectivity index (χ0) is 22.7. The van der Waals surface area contributed by atoms with Crippen LogP contribution in [0.4, 0.5) is 0 Å². The minimum absolute atomic E-state index is 0.0107. The molecule has 0 radical (unpaired) electrons. The van der Waals surface area contributed by atoms with Gasteiger partial charge in [0.2, 0.25) is 17.7 Å². The van der Waals surface area contributed by atoms with Gasteiger partial charge in [0.05, 0.1) is 23.3 Å². The van der Waals surface area contributed by atoms with E-state index >= 15 is 0 Å². The molecule has 0 aromatic heterocycles. The normalized spacial score (nSPS) is 33.5. The molecule has 4 unspecified atom stereocenters. The number of nitrogens with one attached hydrogen (secondary N) is 2. The summed E-state index contributed by atoms with van der Waals surface area (Å²) in [6, 6.07) is 3.69. The van der Waals surface area contributed by atoms with Crippen LogP contribution < -0.4 is 10.6 Å². The summed E-state index contributed by atoms with van der Waals surface area (Å²) < 4.78 is 0. The molecule has 2 bridgehead atoms. The second-order valence-electron chi connectivity index (χ2n) is 8.99. The van der Waals surface area contributed by atoms with E-state index in [1.807, 2.05) is 0 Å². The third kappa shape index (κ3) is 3.05. The highest BCUT2D eigenvalue weighted by atomic mass is 16.3. The molecule has 2 aliphatic heterocycles. The molecule has 2 heterocycles. The van der Waals surface area contributed by atoms with Gasteiger partial charge in [0.1, 0.15) is 6.04 Å². The fourth-order valence-corrected chi connectivity index (χ4v) is 5.65. The summed E-state index contributed by atoms with van der Waals surface area (Å²) in [4.78, 5) is 63.3. The first-order valence-electron chi connectivity index (χ1n) is 10.7. The van der Waals surface area contributed by atoms with Gasteiger partial charge in [0, 0.05) is 18.9 Å². The lowest BCUT2D eigenvalue weighted by Gasteiger charge is -2.29. The molecule has 6 atom stereocenters. The zero-order valence-corrected chi connectivity index (χ0v) is 17.1. The number of amides is 5. The molecular formula is C22H23N3O7. The van der Waals surface area contributed by atoms with Gasteiger partial charge in [0.15, 0.2) is 0 Å². The van der Waals surface area contributed by atoms with E-state index < -0.39 is 47.8 Å². The molecule has 10 heteroatoms. The molecule has 0 spiro atoms. The predicted octanol–water partition coefficient (Wildman–Crippen LogP) is -0.918. The summed E-state index contributed by atoms with van der Waals surface area (Å²) in [5.41, 5.74) is 0.753. The summed E-state index contributed by atoms with van der Waals surface area (Å²) in [6.45, 7) is 0.0107. The average molecular weight is 441 g/mol. The maximum absolute atomic E-state index is 13.1. The van der Waals surface area contributed by atoms with Gasteiger partial charge >= 0.3 is 0 Å². The standard InChI is InChI=1S/C22H23N3O7/c26-15-5-4-14(20(30)24-15)25-21(31)11-3-1-2-9(16(11)22(25)32)8-23-19(29)13-7-10-6-12(13)18(28)17(10)27/h1-3,10,12-14,17-18,27-28H,4-8H2,(H,23,29)(H,24,26,30)/t10?,12?,13-,14?,17?,18-/m0/s1. The molecule has 10 nitrogen and oxygen atoms in total. The summed E-state index contributed by atoms with van der Waals surface area (Å²) in [5, 5.41) is 25.0. The molecule has 5 rings (SSSR count). The van der Waals surface area contributed by atoms with Gasteiger partial charge in [-0.15, -0.1) is 0 Å². The second-order valence-corrected chi connectivity index (χ2v) is 8.99. The van der Waals surface area contributed by atoms with Crippen LogP contribution in [-0.2, 0) is 20.9 Å². The van der Waals surface area contributed by atoms with Gasteiger partial charge in [-0.1, -0.05) is 12.1 Å². The first-order chi connectivity index (χ1) is 15.3. The van der Waals surface area contributed by atoms with E-state index in [1.54, 1.807) is 12.1 Å². The molecule has 4 N–H and O–H groups in total. The van der Waals surface area contributed by atoms with Crippen molar-refractivity contribution in [3.63, 3.8) is 0 Å². The number of benzene rings is 1. The van der Waals surface area contributed by atoms with Crippen LogP contribution in [-0.4, -0.2) is 62.9 Å². The summed E-state index contributed by atoms with van der Waals surface area (Å²) in [6.07, 6.45) is -0.482. The molecule has 1 aromatic carbocycles. The van der Waals surface area contributed by atoms with Crippen molar-refractivity contribution >= 4 is 29.5 Å². The van der Waals surface area contributed by atoms with Crippen LogP contribution in [0.25, 0.3) is 0 Å². The number of carbonyl (C=O) groups excluding carboxylic acids is 5. The SMILES string of the molecule is O=C1CCC(N2C(=O)c3cccc(CNC(=O)[C@H]4CC5CC4[C@H](O)C5O)c3C2=O)C(=O)N1. The molecular weight excluding hydrogens is 418 g/mol. The first-order valence-corrected chi connectivity index (χ1v) is 10.7. The van der Waals surface area contributed by atoms with Crippen LogP contribution in [0.1, 0.15) is 52.0 Å². The van der Waals surface area contributed by atoms with Crippen molar-refractivity contribution in [2.75, 3.05) is 0 Å². The third-order valence-corrected chi connectivity index (χ3v) is 7.26. The first kappa shape index (κ1) is 20.8. The van der Waals surface area contributed by atoms with E-state index in [1.165, 1.54) is 6.07 Å². The lowest BCUT2D eigenvalue weighted by atomic mass is 9.84. The summed E-state index contributed by atoms with van der Waals surface area (Å²) in [5.74, 6) is -3.39. The summed E-state index contributed by atoms with van der Waals surface area (Å²) in [7, 11) is 0. The van der Waals surface area contributed by atoms with E-state index in [9.17, 15) is 34.2 Å². The Bertz CT molecular complexity index is 1050. The minimum atomic E-state index is -1.05. The maximum atomic E-state index is 13.1. The Hall–Kier alpha value is -3.11. The topological polar surface area (TPSA) is 153 Å². The maximum Gasteiger partial charge on any atom is 0.262 e. The van der Waals surface area contributed by atoms with Crippen LogP contribution in [0.2, 0.25) is 0 Å². The highest BCUT2D eigenvalue weighted by Crippen LogP contribution is 2.48. The number of carbonyl (C=O) groups is 5. The number of piperidine rings is 1. The van der Waals surface area contributed by atoms with Crippen LogP contribution in [0, 0.1) is 17.8 Å². The van der Waals surface area contributed by atoms with Gasteiger partial charge in [-0.05, 0) is 42.7 Å². The van der Waals surface area contributed by atoms with Gasteiger partial charge in [-0.2, -0.15) is 0 Å². The molecule has 32 heavy (non-hydrogen) atoms. The van der Waals surface area contributed by atoms with Gasteiger partial charge in [-0.25, -0.2) is 0 Å². The fraction of sp³-hybridized carbons (Fsp3) is 0.500. The average Bonchev–Trinajstić information content (AvgIpc) is 3.40. The molecule has 1 saturated heterocycles. The van der Waals surface area contributed by atoms with Crippen LogP contribution in [0.3, 0.4) is 0 Å². The van der Waals surface area contributed by atoms with Crippen LogP contribution >= 0.6 is 0 Å².